The van der Waals surface area contributed by atoms with Gasteiger partial charge in [-0.25, -0.2) is 0 Å². The van der Waals surface area contributed by atoms with Crippen LogP contribution in [-0.4, -0.2) is 10.2 Å². The van der Waals surface area contributed by atoms with Gasteiger partial charge in [0.25, 0.3) is 0 Å². The molecule has 0 atom stereocenters. The zero-order valence-corrected chi connectivity index (χ0v) is 9.10. The van der Waals surface area contributed by atoms with Crippen LogP contribution in [0.15, 0.2) is 24.3 Å². The van der Waals surface area contributed by atoms with Gasteiger partial charge in [-0.05, 0) is 18.2 Å². The number of nitrogens with zero attached hydrogens (tertiary/aromatic N) is 1. The third-order valence-electron chi connectivity index (χ3n) is 2.13. The second-order valence-electron chi connectivity index (χ2n) is 3.43. The molecule has 0 aliphatic rings. The van der Waals surface area contributed by atoms with Crippen molar-refractivity contribution in [2.24, 2.45) is 0 Å². The first kappa shape index (κ1) is 11.8. The lowest BCUT2D eigenvalue weighted by atomic mass is 10.1. The first-order valence-electron chi connectivity index (χ1n) is 4.55. The van der Waals surface area contributed by atoms with Gasteiger partial charge < -0.3 is 5.73 Å². The van der Waals surface area contributed by atoms with Gasteiger partial charge in [0.2, 0.25) is 0 Å². The molecule has 1 aromatic carbocycles. The third kappa shape index (κ3) is 2.52. The largest absolute Gasteiger partial charge is 0.416 e. The van der Waals surface area contributed by atoms with Crippen molar-refractivity contribution in [1.29, 1.82) is 0 Å². The van der Waals surface area contributed by atoms with Crippen molar-refractivity contribution in [1.82, 2.24) is 10.2 Å². The molecule has 3 N–H and O–H groups in total. The van der Waals surface area contributed by atoms with Crippen LogP contribution in [0, 0.1) is 0 Å². The molecule has 0 unspecified atom stereocenters. The van der Waals surface area contributed by atoms with E-state index in [0.717, 1.165) is 12.1 Å². The monoisotopic (exact) mass is 261 g/mol. The molecule has 0 aliphatic heterocycles. The van der Waals surface area contributed by atoms with Crippen LogP contribution in [0.2, 0.25) is 5.02 Å². The summed E-state index contributed by atoms with van der Waals surface area (Å²) in [5, 5.41) is 6.17. The summed E-state index contributed by atoms with van der Waals surface area (Å²) in [4.78, 5) is 0. The summed E-state index contributed by atoms with van der Waals surface area (Å²) in [6.07, 6.45) is -4.44. The fourth-order valence-corrected chi connectivity index (χ4v) is 1.63. The fourth-order valence-electron chi connectivity index (χ4n) is 1.39. The van der Waals surface area contributed by atoms with E-state index in [4.69, 9.17) is 17.3 Å². The van der Waals surface area contributed by atoms with Crippen molar-refractivity contribution in [3.8, 4) is 11.3 Å². The van der Waals surface area contributed by atoms with Crippen LogP contribution < -0.4 is 5.73 Å². The number of aromatic amines is 1. The SMILES string of the molecule is Nc1cc(-c2cc(Cl)cc(C(F)(F)F)c2)[nH]n1. The summed E-state index contributed by atoms with van der Waals surface area (Å²) in [6, 6.07) is 4.69. The number of nitrogens with one attached hydrogen (secondary N) is 1. The van der Waals surface area contributed by atoms with Gasteiger partial charge in [-0.3, -0.25) is 5.10 Å². The van der Waals surface area contributed by atoms with E-state index in [-0.39, 0.29) is 16.4 Å². The average Bonchev–Trinajstić information content (AvgIpc) is 2.62. The first-order valence-corrected chi connectivity index (χ1v) is 4.93. The Morgan fingerprint density at radius 2 is 1.88 bits per heavy atom. The molecule has 0 saturated heterocycles. The van der Waals surface area contributed by atoms with E-state index in [2.05, 4.69) is 10.2 Å². The van der Waals surface area contributed by atoms with Crippen LogP contribution in [0.4, 0.5) is 19.0 Å². The number of rotatable bonds is 1. The predicted octanol–water partition coefficient (Wildman–Crippen LogP) is 3.33. The molecule has 2 rings (SSSR count). The number of hydrogen-bond acceptors (Lipinski definition) is 2. The lowest BCUT2D eigenvalue weighted by Gasteiger charge is -2.08. The second kappa shape index (κ2) is 3.96. The van der Waals surface area contributed by atoms with Gasteiger partial charge >= 0.3 is 6.18 Å². The number of aromatic nitrogens is 2. The van der Waals surface area contributed by atoms with Crippen molar-refractivity contribution < 1.29 is 13.2 Å². The summed E-state index contributed by atoms with van der Waals surface area (Å²) in [5.74, 6) is 0.202. The molecule has 90 valence electrons. The number of alkyl halides is 3. The van der Waals surface area contributed by atoms with Crippen LogP contribution in [0.3, 0.4) is 0 Å². The Morgan fingerprint density at radius 1 is 1.18 bits per heavy atom. The lowest BCUT2D eigenvalue weighted by molar-refractivity contribution is -0.137. The Morgan fingerprint density at radius 3 is 2.41 bits per heavy atom. The first-order chi connectivity index (χ1) is 7.86. The van der Waals surface area contributed by atoms with Gasteiger partial charge in [-0.2, -0.15) is 18.3 Å². The quantitative estimate of drug-likeness (QED) is 0.827. The van der Waals surface area contributed by atoms with E-state index in [1.807, 2.05) is 0 Å². The summed E-state index contributed by atoms with van der Waals surface area (Å²) in [5.41, 5.74) is 5.24. The lowest BCUT2D eigenvalue weighted by Crippen LogP contribution is -2.04. The van der Waals surface area contributed by atoms with Crippen LogP contribution in [0.5, 0.6) is 0 Å². The maximum Gasteiger partial charge on any atom is 0.416 e. The molecule has 0 fully saturated rings. The number of benzene rings is 1. The molecule has 1 aromatic heterocycles. The van der Waals surface area contributed by atoms with E-state index in [0.29, 0.717) is 5.69 Å². The minimum absolute atomic E-state index is 0.00277. The molecule has 1 heterocycles. The highest BCUT2D eigenvalue weighted by molar-refractivity contribution is 6.31. The minimum Gasteiger partial charge on any atom is -0.382 e. The van der Waals surface area contributed by atoms with Gasteiger partial charge in [0, 0.05) is 16.7 Å². The molecular weight excluding hydrogens is 255 g/mol. The number of anilines is 1. The van der Waals surface area contributed by atoms with Crippen LogP contribution >= 0.6 is 11.6 Å². The molecule has 0 radical (unpaired) electrons. The smallest absolute Gasteiger partial charge is 0.382 e. The molecule has 3 nitrogen and oxygen atoms in total. The highest BCUT2D eigenvalue weighted by atomic mass is 35.5. The molecule has 17 heavy (non-hydrogen) atoms. The number of halogens is 4. The van der Waals surface area contributed by atoms with Crippen LogP contribution in [-0.2, 0) is 6.18 Å². The Hall–Kier alpha value is -1.69. The van der Waals surface area contributed by atoms with Gasteiger partial charge in [-0.15, -0.1) is 0 Å². The van der Waals surface area contributed by atoms with E-state index in [1.165, 1.54) is 12.1 Å². The zero-order chi connectivity index (χ0) is 12.6. The Labute approximate surface area is 99.4 Å². The van der Waals surface area contributed by atoms with Gasteiger partial charge in [-0.1, -0.05) is 11.6 Å². The van der Waals surface area contributed by atoms with Crippen LogP contribution in [0.1, 0.15) is 5.56 Å². The Balaban J connectivity index is 2.52. The standard InChI is InChI=1S/C10H7ClF3N3/c11-7-2-5(8-4-9(15)17-16-8)1-6(3-7)10(12,13)14/h1-4H,(H3,15,16,17). The number of nitrogens with two attached hydrogens (primary N) is 1. The molecule has 7 heteroatoms. The van der Waals surface area contributed by atoms with Crippen LogP contribution in [0.25, 0.3) is 11.3 Å². The highest BCUT2D eigenvalue weighted by Crippen LogP contribution is 2.34. The molecule has 0 amide bonds. The van der Waals surface area contributed by atoms with Gasteiger partial charge in [0.05, 0.1) is 11.3 Å². The molecule has 0 spiro atoms. The summed E-state index contributed by atoms with van der Waals surface area (Å²) in [7, 11) is 0. The maximum absolute atomic E-state index is 12.6. The fraction of sp³-hybridized carbons (Fsp3) is 0.100. The summed E-state index contributed by atoms with van der Waals surface area (Å²) >= 11 is 5.65. The maximum atomic E-state index is 12.6. The number of hydrogen-bond donors (Lipinski definition) is 2. The zero-order valence-electron chi connectivity index (χ0n) is 8.35. The van der Waals surface area contributed by atoms with Gasteiger partial charge in [0.15, 0.2) is 0 Å². The van der Waals surface area contributed by atoms with Gasteiger partial charge in [0.1, 0.15) is 5.82 Å². The minimum atomic E-state index is -4.44. The molecular formula is C10H7ClF3N3. The van der Waals surface area contributed by atoms with E-state index < -0.39 is 11.7 Å². The average molecular weight is 262 g/mol. The molecule has 0 bridgehead atoms. The number of H-pyrrole nitrogens is 1. The van der Waals surface area contributed by atoms with Crippen molar-refractivity contribution >= 4 is 17.4 Å². The Kier molecular flexibility index (Phi) is 2.74. The molecule has 0 aliphatic carbocycles. The van der Waals surface area contributed by atoms with E-state index in [9.17, 15) is 13.2 Å². The van der Waals surface area contributed by atoms with E-state index >= 15 is 0 Å². The second-order valence-corrected chi connectivity index (χ2v) is 3.87. The molecule has 2 aromatic rings. The van der Waals surface area contributed by atoms with Crippen molar-refractivity contribution in [3.63, 3.8) is 0 Å². The van der Waals surface area contributed by atoms with E-state index in [1.54, 1.807) is 0 Å². The third-order valence-corrected chi connectivity index (χ3v) is 2.35. The summed E-state index contributed by atoms with van der Waals surface area (Å²) < 4.78 is 37.7. The predicted molar refractivity (Wildman–Crippen MR) is 58.4 cm³/mol. The topological polar surface area (TPSA) is 54.7 Å². The van der Waals surface area contributed by atoms with Crippen molar-refractivity contribution in [2.75, 3.05) is 5.73 Å². The van der Waals surface area contributed by atoms with Crippen molar-refractivity contribution in [2.45, 2.75) is 6.18 Å². The van der Waals surface area contributed by atoms with Crippen molar-refractivity contribution in [3.05, 3.63) is 34.9 Å². The normalized spacial score (nSPS) is 11.8. The summed E-state index contributed by atoms with van der Waals surface area (Å²) in [6.45, 7) is 0. The molecule has 0 saturated carbocycles. The highest BCUT2D eigenvalue weighted by Gasteiger charge is 2.31. The Bertz CT molecular complexity index is 548. The number of nitrogen functional groups attached to an aromatic ring is 1.